The number of carbonyl (C=O) groups is 1. The lowest BCUT2D eigenvalue weighted by Gasteiger charge is -2.30. The first kappa shape index (κ1) is 20.7. The highest BCUT2D eigenvalue weighted by Crippen LogP contribution is 2.38. The van der Waals surface area contributed by atoms with Crippen molar-refractivity contribution in [2.75, 3.05) is 6.61 Å². The van der Waals surface area contributed by atoms with Gasteiger partial charge in [0.1, 0.15) is 5.75 Å². The van der Waals surface area contributed by atoms with Gasteiger partial charge in [0.2, 0.25) is 0 Å². The van der Waals surface area contributed by atoms with Crippen molar-refractivity contribution in [3.8, 4) is 5.75 Å². The van der Waals surface area contributed by atoms with Crippen LogP contribution in [-0.2, 0) is 4.79 Å². The summed E-state index contributed by atoms with van der Waals surface area (Å²) in [7, 11) is 0. The number of aliphatic imine (C=N–C) groups is 1. The van der Waals surface area contributed by atoms with Gasteiger partial charge in [0.15, 0.2) is 11.0 Å². The molecule has 0 N–H and O–H groups in total. The van der Waals surface area contributed by atoms with Gasteiger partial charge >= 0.3 is 0 Å². The molecule has 0 spiro atoms. The van der Waals surface area contributed by atoms with E-state index in [2.05, 4.69) is 4.98 Å². The summed E-state index contributed by atoms with van der Waals surface area (Å²) in [4.78, 5) is 25.2. The van der Waals surface area contributed by atoms with Crippen LogP contribution in [0.2, 0.25) is 0 Å². The third kappa shape index (κ3) is 4.75. The highest BCUT2D eigenvalue weighted by atomic mass is 32.2. The number of pyridine rings is 1. The predicted octanol–water partition coefficient (Wildman–Crippen LogP) is 5.73. The van der Waals surface area contributed by atoms with Crippen LogP contribution in [0.25, 0.3) is 6.08 Å². The maximum absolute atomic E-state index is 13.4. The molecule has 1 saturated heterocycles. The lowest BCUT2D eigenvalue weighted by atomic mass is 9.94. The van der Waals surface area contributed by atoms with Crippen LogP contribution in [0, 0.1) is 6.92 Å². The number of aryl methyl sites for hydroxylation is 1. The molecule has 156 valence electrons. The fourth-order valence-corrected chi connectivity index (χ4v) is 4.94. The maximum atomic E-state index is 13.4. The van der Waals surface area contributed by atoms with E-state index in [9.17, 15) is 4.79 Å². The highest BCUT2D eigenvalue weighted by molar-refractivity contribution is 8.18. The molecule has 1 amide bonds. The van der Waals surface area contributed by atoms with Gasteiger partial charge in [0.25, 0.3) is 5.91 Å². The number of hydrogen-bond donors (Lipinski definition) is 0. The standard InChI is InChI=1S/C24H27N3O2S/c1-3-29-20-14-12-18(13-15-20)16-21-23(28)27(19-9-5-4-6-10-19)24(30-21)26-22-11-7-8-17(2)25-22/h7-8,11-16,19H,3-6,9-10H2,1-2H3/b21-16-,26-24+. The van der Waals surface area contributed by atoms with Gasteiger partial charge in [-0.05, 0) is 74.4 Å². The Morgan fingerprint density at radius 3 is 2.63 bits per heavy atom. The van der Waals surface area contributed by atoms with E-state index in [0.717, 1.165) is 47.9 Å². The van der Waals surface area contributed by atoms with Crippen LogP contribution >= 0.6 is 11.8 Å². The molecule has 0 bridgehead atoms. The number of thioether (sulfide) groups is 1. The Morgan fingerprint density at radius 1 is 1.17 bits per heavy atom. The molecule has 1 saturated carbocycles. The molecule has 2 fully saturated rings. The molecular formula is C24H27N3O2S. The molecule has 1 aromatic carbocycles. The summed E-state index contributed by atoms with van der Waals surface area (Å²) >= 11 is 1.45. The number of ether oxygens (including phenoxy) is 1. The van der Waals surface area contributed by atoms with Gasteiger partial charge in [-0.25, -0.2) is 9.98 Å². The van der Waals surface area contributed by atoms with Gasteiger partial charge < -0.3 is 4.74 Å². The molecule has 2 heterocycles. The quantitative estimate of drug-likeness (QED) is 0.579. The number of carbonyl (C=O) groups excluding carboxylic acids is 1. The van der Waals surface area contributed by atoms with Crippen LogP contribution in [0.15, 0.2) is 52.4 Å². The Hall–Kier alpha value is -2.60. The van der Waals surface area contributed by atoms with E-state index in [1.807, 2.05) is 67.3 Å². The normalized spacial score (nSPS) is 20.3. The summed E-state index contributed by atoms with van der Waals surface area (Å²) < 4.78 is 5.51. The molecule has 2 aromatic rings. The van der Waals surface area contributed by atoms with E-state index in [1.165, 1.54) is 18.2 Å². The first-order valence-corrected chi connectivity index (χ1v) is 11.4. The zero-order valence-corrected chi connectivity index (χ0v) is 18.3. The van der Waals surface area contributed by atoms with Gasteiger partial charge in [-0.1, -0.05) is 37.5 Å². The number of hydrogen-bond acceptors (Lipinski definition) is 5. The fourth-order valence-electron chi connectivity index (χ4n) is 3.89. The van der Waals surface area contributed by atoms with Gasteiger partial charge in [0, 0.05) is 11.7 Å². The van der Waals surface area contributed by atoms with Gasteiger partial charge in [-0.3, -0.25) is 9.69 Å². The van der Waals surface area contributed by atoms with Crippen molar-refractivity contribution in [1.29, 1.82) is 0 Å². The average molecular weight is 422 g/mol. The Bertz CT molecular complexity index is 963. The van der Waals surface area contributed by atoms with Crippen LogP contribution in [0.1, 0.15) is 50.3 Å². The van der Waals surface area contributed by atoms with Gasteiger partial charge in [0.05, 0.1) is 11.5 Å². The molecule has 0 unspecified atom stereocenters. The number of nitrogens with zero attached hydrogens (tertiary/aromatic N) is 3. The van der Waals surface area contributed by atoms with Crippen molar-refractivity contribution < 1.29 is 9.53 Å². The number of benzene rings is 1. The number of aromatic nitrogens is 1. The third-order valence-electron chi connectivity index (χ3n) is 5.35. The minimum absolute atomic E-state index is 0.0483. The lowest BCUT2D eigenvalue weighted by molar-refractivity contribution is -0.124. The van der Waals surface area contributed by atoms with Crippen LogP contribution in [0.3, 0.4) is 0 Å². The lowest BCUT2D eigenvalue weighted by Crippen LogP contribution is -2.40. The second-order valence-electron chi connectivity index (χ2n) is 7.61. The molecule has 5 nitrogen and oxygen atoms in total. The van der Waals surface area contributed by atoms with E-state index in [0.29, 0.717) is 17.3 Å². The molecule has 30 heavy (non-hydrogen) atoms. The second kappa shape index (κ2) is 9.47. The van der Waals surface area contributed by atoms with Crippen LogP contribution in [0.5, 0.6) is 5.75 Å². The topological polar surface area (TPSA) is 54.8 Å². The van der Waals surface area contributed by atoms with E-state index in [-0.39, 0.29) is 11.9 Å². The van der Waals surface area contributed by atoms with Crippen molar-refractivity contribution in [2.45, 2.75) is 52.0 Å². The molecule has 0 radical (unpaired) electrons. The monoisotopic (exact) mass is 421 g/mol. The molecule has 0 atom stereocenters. The largest absolute Gasteiger partial charge is 0.494 e. The molecule has 1 aliphatic heterocycles. The Balaban J connectivity index is 1.65. The predicted molar refractivity (Wildman–Crippen MR) is 123 cm³/mol. The summed E-state index contributed by atoms with van der Waals surface area (Å²) in [5, 5.41) is 0.738. The fraction of sp³-hybridized carbons (Fsp3) is 0.375. The van der Waals surface area contributed by atoms with Crippen molar-refractivity contribution in [3.05, 3.63) is 58.6 Å². The number of rotatable bonds is 5. The van der Waals surface area contributed by atoms with Gasteiger partial charge in [-0.2, -0.15) is 0 Å². The number of amides is 1. The summed E-state index contributed by atoms with van der Waals surface area (Å²) in [6.07, 6.45) is 7.57. The molecule has 4 rings (SSSR count). The minimum Gasteiger partial charge on any atom is -0.494 e. The molecule has 1 aliphatic carbocycles. The minimum atomic E-state index is 0.0483. The van der Waals surface area contributed by atoms with E-state index in [4.69, 9.17) is 9.73 Å². The van der Waals surface area contributed by atoms with Crippen LogP contribution in [-0.4, -0.2) is 33.6 Å². The SMILES string of the molecule is CCOc1ccc(/C=C2\S/C(=N/c3cccc(C)n3)N(C3CCCCC3)C2=O)cc1. The smallest absolute Gasteiger partial charge is 0.267 e. The Labute approximate surface area is 182 Å². The van der Waals surface area contributed by atoms with Gasteiger partial charge in [-0.15, -0.1) is 0 Å². The zero-order valence-electron chi connectivity index (χ0n) is 17.5. The van der Waals surface area contributed by atoms with E-state index < -0.39 is 0 Å². The Kier molecular flexibility index (Phi) is 6.53. The van der Waals surface area contributed by atoms with Crippen molar-refractivity contribution in [3.63, 3.8) is 0 Å². The van der Waals surface area contributed by atoms with E-state index in [1.54, 1.807) is 0 Å². The maximum Gasteiger partial charge on any atom is 0.267 e. The van der Waals surface area contributed by atoms with E-state index >= 15 is 0 Å². The average Bonchev–Trinajstić information content (AvgIpc) is 3.05. The summed E-state index contributed by atoms with van der Waals surface area (Å²) in [6, 6.07) is 13.8. The second-order valence-corrected chi connectivity index (χ2v) is 8.62. The highest BCUT2D eigenvalue weighted by Gasteiger charge is 2.38. The third-order valence-corrected chi connectivity index (χ3v) is 6.33. The molecule has 1 aromatic heterocycles. The Morgan fingerprint density at radius 2 is 1.93 bits per heavy atom. The molecule has 6 heteroatoms. The molecule has 2 aliphatic rings. The summed E-state index contributed by atoms with van der Waals surface area (Å²) in [5.41, 5.74) is 1.90. The molecular weight excluding hydrogens is 394 g/mol. The van der Waals surface area contributed by atoms with Crippen molar-refractivity contribution >= 4 is 34.7 Å². The van der Waals surface area contributed by atoms with Crippen molar-refractivity contribution in [1.82, 2.24) is 9.88 Å². The first-order chi connectivity index (χ1) is 14.6. The first-order valence-electron chi connectivity index (χ1n) is 10.6. The zero-order chi connectivity index (χ0) is 20.9. The number of amidine groups is 1. The summed E-state index contributed by atoms with van der Waals surface area (Å²) in [6.45, 7) is 4.55. The summed E-state index contributed by atoms with van der Waals surface area (Å²) in [5.74, 6) is 1.53. The van der Waals surface area contributed by atoms with Crippen LogP contribution in [0.4, 0.5) is 5.82 Å². The van der Waals surface area contributed by atoms with Crippen molar-refractivity contribution in [2.24, 2.45) is 4.99 Å². The van der Waals surface area contributed by atoms with Crippen LogP contribution < -0.4 is 4.74 Å².